The lowest BCUT2D eigenvalue weighted by atomic mass is 10.1. The lowest BCUT2D eigenvalue weighted by Gasteiger charge is -2.23. The minimum absolute atomic E-state index is 0.0535. The molecule has 17 heavy (non-hydrogen) atoms. The van der Waals surface area contributed by atoms with Crippen molar-refractivity contribution in [1.82, 2.24) is 4.98 Å². The van der Waals surface area contributed by atoms with Crippen molar-refractivity contribution in [3.05, 3.63) is 36.7 Å². The molecule has 0 saturated heterocycles. The fourth-order valence-corrected chi connectivity index (χ4v) is 1.99. The third-order valence-electron chi connectivity index (χ3n) is 3.24. The highest BCUT2D eigenvalue weighted by atomic mass is 15.2. The fraction of sp³-hybridized carbons (Fsp3) is 0.500. The predicted octanol–water partition coefficient (Wildman–Crippen LogP) is 2.65. The van der Waals surface area contributed by atoms with Crippen LogP contribution in [-0.4, -0.2) is 17.6 Å². The van der Waals surface area contributed by atoms with Gasteiger partial charge in [0.15, 0.2) is 0 Å². The minimum Gasteiger partial charge on any atom is -0.364 e. The van der Waals surface area contributed by atoms with E-state index in [1.165, 1.54) is 18.5 Å². The molecule has 1 aliphatic rings. The Kier molecular flexibility index (Phi) is 3.79. The molecule has 0 unspecified atom stereocenters. The van der Waals surface area contributed by atoms with Gasteiger partial charge < -0.3 is 10.6 Å². The summed E-state index contributed by atoms with van der Waals surface area (Å²) in [5.41, 5.74) is 8.12. The normalized spacial score (nSPS) is 16.6. The molecule has 3 heteroatoms. The van der Waals surface area contributed by atoms with Gasteiger partial charge >= 0.3 is 0 Å². The number of rotatable bonds is 6. The van der Waals surface area contributed by atoms with E-state index in [0.717, 1.165) is 18.7 Å². The second-order valence-electron chi connectivity index (χ2n) is 4.63. The van der Waals surface area contributed by atoms with Crippen molar-refractivity contribution in [1.29, 1.82) is 0 Å². The average molecular weight is 231 g/mol. The molecule has 92 valence electrons. The average Bonchev–Trinajstić information content (AvgIpc) is 3.19. The topological polar surface area (TPSA) is 42.1 Å². The fourth-order valence-electron chi connectivity index (χ4n) is 1.99. The summed E-state index contributed by atoms with van der Waals surface area (Å²) in [6, 6.07) is 4.90. The van der Waals surface area contributed by atoms with Crippen molar-refractivity contribution in [3.8, 4) is 0 Å². The Labute approximate surface area is 103 Å². The summed E-state index contributed by atoms with van der Waals surface area (Å²) in [5, 5.41) is 0. The van der Waals surface area contributed by atoms with E-state index in [4.69, 9.17) is 5.73 Å². The zero-order chi connectivity index (χ0) is 12.3. The molecule has 0 radical (unpaired) electrons. The standard InChI is InChI=1S/C14H21N3/c1-3-9-17(11-5-6-11)12-7-8-14(16-10-12)13(15)4-2/h3,7-8,10-11,13H,1,4-6,9,15H2,2H3/t13-/m1/s1. The quantitative estimate of drug-likeness (QED) is 0.765. The van der Waals surface area contributed by atoms with Gasteiger partial charge in [-0.3, -0.25) is 4.98 Å². The second kappa shape index (κ2) is 5.32. The van der Waals surface area contributed by atoms with E-state index < -0.39 is 0 Å². The van der Waals surface area contributed by atoms with Gasteiger partial charge in [-0.2, -0.15) is 0 Å². The smallest absolute Gasteiger partial charge is 0.0572 e. The number of hydrogen-bond donors (Lipinski definition) is 1. The maximum Gasteiger partial charge on any atom is 0.0572 e. The molecule has 0 aromatic carbocycles. The molecule has 0 aliphatic heterocycles. The zero-order valence-electron chi connectivity index (χ0n) is 10.5. The van der Waals surface area contributed by atoms with Gasteiger partial charge in [0.2, 0.25) is 0 Å². The largest absolute Gasteiger partial charge is 0.364 e. The Balaban J connectivity index is 2.12. The van der Waals surface area contributed by atoms with Gasteiger partial charge in [0, 0.05) is 18.6 Å². The van der Waals surface area contributed by atoms with Gasteiger partial charge in [-0.25, -0.2) is 0 Å². The molecule has 3 nitrogen and oxygen atoms in total. The van der Waals surface area contributed by atoms with E-state index in [0.29, 0.717) is 6.04 Å². The van der Waals surface area contributed by atoms with E-state index in [2.05, 4.69) is 29.5 Å². The van der Waals surface area contributed by atoms with Crippen molar-refractivity contribution in [3.63, 3.8) is 0 Å². The van der Waals surface area contributed by atoms with Crippen LogP contribution in [0, 0.1) is 0 Å². The van der Waals surface area contributed by atoms with Gasteiger partial charge in [0.25, 0.3) is 0 Å². The van der Waals surface area contributed by atoms with Crippen molar-refractivity contribution in [2.75, 3.05) is 11.4 Å². The first kappa shape index (κ1) is 12.1. The Morgan fingerprint density at radius 3 is 2.82 bits per heavy atom. The second-order valence-corrected chi connectivity index (χ2v) is 4.63. The Morgan fingerprint density at radius 2 is 2.35 bits per heavy atom. The van der Waals surface area contributed by atoms with Crippen LogP contribution in [0.5, 0.6) is 0 Å². The SMILES string of the molecule is C=CCN(c1ccc([C@H](N)CC)nc1)C1CC1. The van der Waals surface area contributed by atoms with Gasteiger partial charge in [0.1, 0.15) is 0 Å². The van der Waals surface area contributed by atoms with E-state index in [1.54, 1.807) is 0 Å². The van der Waals surface area contributed by atoms with Crippen LogP contribution in [0.2, 0.25) is 0 Å². The highest BCUT2D eigenvalue weighted by Gasteiger charge is 2.28. The predicted molar refractivity (Wildman–Crippen MR) is 72.0 cm³/mol. The first-order valence-electron chi connectivity index (χ1n) is 6.35. The van der Waals surface area contributed by atoms with E-state index in [-0.39, 0.29) is 6.04 Å². The molecule has 1 fully saturated rings. The van der Waals surface area contributed by atoms with Crippen LogP contribution in [0.4, 0.5) is 5.69 Å². The van der Waals surface area contributed by atoms with Crippen LogP contribution in [0.3, 0.4) is 0 Å². The molecular formula is C14H21N3. The summed E-state index contributed by atoms with van der Waals surface area (Å²) >= 11 is 0. The van der Waals surface area contributed by atoms with Crippen LogP contribution >= 0.6 is 0 Å². The van der Waals surface area contributed by atoms with Crippen molar-refractivity contribution >= 4 is 5.69 Å². The number of hydrogen-bond acceptors (Lipinski definition) is 3. The third kappa shape index (κ3) is 2.86. The number of nitrogens with zero attached hydrogens (tertiary/aromatic N) is 2. The number of nitrogens with two attached hydrogens (primary N) is 1. The van der Waals surface area contributed by atoms with Crippen LogP contribution in [0.15, 0.2) is 31.0 Å². The molecule has 0 bridgehead atoms. The number of anilines is 1. The van der Waals surface area contributed by atoms with Crippen molar-refractivity contribution in [2.24, 2.45) is 5.73 Å². The molecule has 0 spiro atoms. The molecule has 1 saturated carbocycles. The van der Waals surface area contributed by atoms with Gasteiger partial charge in [-0.1, -0.05) is 13.0 Å². The molecule has 2 rings (SSSR count). The van der Waals surface area contributed by atoms with Crippen molar-refractivity contribution in [2.45, 2.75) is 38.3 Å². The molecule has 1 aliphatic carbocycles. The molecule has 1 aromatic rings. The van der Waals surface area contributed by atoms with Crippen molar-refractivity contribution < 1.29 is 0 Å². The molecule has 1 heterocycles. The highest BCUT2D eigenvalue weighted by Crippen LogP contribution is 2.31. The van der Waals surface area contributed by atoms with Gasteiger partial charge in [0.05, 0.1) is 17.6 Å². The molecule has 1 aromatic heterocycles. The monoisotopic (exact) mass is 231 g/mol. The first-order valence-corrected chi connectivity index (χ1v) is 6.35. The molecule has 0 amide bonds. The summed E-state index contributed by atoms with van der Waals surface area (Å²) in [7, 11) is 0. The Bertz CT molecular complexity index is 368. The van der Waals surface area contributed by atoms with E-state index >= 15 is 0 Å². The van der Waals surface area contributed by atoms with Crippen LogP contribution in [0.1, 0.15) is 37.9 Å². The first-order chi connectivity index (χ1) is 8.26. The van der Waals surface area contributed by atoms with Gasteiger partial charge in [-0.15, -0.1) is 6.58 Å². The zero-order valence-corrected chi connectivity index (χ0v) is 10.5. The van der Waals surface area contributed by atoms with E-state index in [9.17, 15) is 0 Å². The molecule has 1 atom stereocenters. The maximum atomic E-state index is 5.96. The Morgan fingerprint density at radius 1 is 1.59 bits per heavy atom. The number of aromatic nitrogens is 1. The third-order valence-corrected chi connectivity index (χ3v) is 3.24. The van der Waals surface area contributed by atoms with Crippen LogP contribution in [-0.2, 0) is 0 Å². The summed E-state index contributed by atoms with van der Waals surface area (Å²) in [5.74, 6) is 0. The minimum atomic E-state index is 0.0535. The summed E-state index contributed by atoms with van der Waals surface area (Å²) in [6.07, 6.45) is 7.37. The maximum absolute atomic E-state index is 5.96. The van der Waals surface area contributed by atoms with Gasteiger partial charge in [-0.05, 0) is 31.4 Å². The Hall–Kier alpha value is -1.35. The summed E-state index contributed by atoms with van der Waals surface area (Å²) in [4.78, 5) is 6.82. The van der Waals surface area contributed by atoms with E-state index in [1.807, 2.05) is 18.3 Å². The highest BCUT2D eigenvalue weighted by molar-refractivity contribution is 5.48. The van der Waals surface area contributed by atoms with Crippen LogP contribution < -0.4 is 10.6 Å². The molecule has 2 N–H and O–H groups in total. The lowest BCUT2D eigenvalue weighted by Crippen LogP contribution is -2.25. The molecular weight excluding hydrogens is 210 g/mol. The summed E-state index contributed by atoms with van der Waals surface area (Å²) in [6.45, 7) is 6.79. The lowest BCUT2D eigenvalue weighted by molar-refractivity contribution is 0.675. The van der Waals surface area contributed by atoms with Crippen LogP contribution in [0.25, 0.3) is 0 Å². The summed E-state index contributed by atoms with van der Waals surface area (Å²) < 4.78 is 0. The number of pyridine rings is 1.